The molecule has 3 rings (SSSR count). The molecule has 0 spiro atoms. The van der Waals surface area contributed by atoms with Crippen LogP contribution in [-0.4, -0.2) is 63.7 Å². The summed E-state index contributed by atoms with van der Waals surface area (Å²) < 4.78 is 11.3. The van der Waals surface area contributed by atoms with Crippen molar-refractivity contribution in [2.24, 2.45) is 0 Å². The number of amides is 3. The number of phenolic OH excluding ortho intramolecular Hbond substituents is 1. The van der Waals surface area contributed by atoms with Crippen molar-refractivity contribution in [1.29, 1.82) is 0 Å². The van der Waals surface area contributed by atoms with Gasteiger partial charge in [-0.25, -0.2) is 9.59 Å². The van der Waals surface area contributed by atoms with Gasteiger partial charge in [-0.1, -0.05) is 99.8 Å². The molecule has 10 heteroatoms. The lowest BCUT2D eigenvalue weighted by Gasteiger charge is -2.35. The molecular formula is C43H59N3O7. The summed E-state index contributed by atoms with van der Waals surface area (Å²) in [5.74, 6) is -1.56. The molecule has 0 saturated carbocycles. The van der Waals surface area contributed by atoms with E-state index in [1.807, 2.05) is 61.5 Å². The van der Waals surface area contributed by atoms with Gasteiger partial charge in [-0.2, -0.15) is 0 Å². The van der Waals surface area contributed by atoms with Gasteiger partial charge in [-0.15, -0.1) is 0 Å². The number of aryl methyl sites for hydroxylation is 1. The number of hydrogen-bond acceptors (Lipinski definition) is 7. The summed E-state index contributed by atoms with van der Waals surface area (Å²) in [5, 5.41) is 15.7. The zero-order valence-corrected chi connectivity index (χ0v) is 32.7. The van der Waals surface area contributed by atoms with Crippen LogP contribution in [0.4, 0.5) is 4.79 Å². The SMILES string of the molecule is CCCCCCN(C(=O)C(Cc1ccc(O)cc1)NC(=O)OC(C)(C)C)C(C(=O)NC(Cc1ccccc1)C(=O)OC(C)(C)C)c1ccc(CC)cc1. The first-order valence-electron chi connectivity index (χ1n) is 18.7. The molecular weight excluding hydrogens is 670 g/mol. The molecule has 3 unspecified atom stereocenters. The Kier molecular flexibility index (Phi) is 15.9. The molecule has 3 atom stereocenters. The lowest BCUT2D eigenvalue weighted by Crippen LogP contribution is -2.55. The number of esters is 1. The molecule has 3 N–H and O–H groups in total. The molecule has 0 aliphatic rings. The first kappa shape index (κ1) is 42.6. The summed E-state index contributed by atoms with van der Waals surface area (Å²) in [4.78, 5) is 58.1. The van der Waals surface area contributed by atoms with Crippen molar-refractivity contribution in [3.05, 3.63) is 101 Å². The van der Waals surface area contributed by atoms with E-state index in [1.54, 1.807) is 53.7 Å². The summed E-state index contributed by atoms with van der Waals surface area (Å²) in [7, 11) is 0. The number of ether oxygens (including phenoxy) is 2. The average Bonchev–Trinajstić information content (AvgIpc) is 3.08. The first-order chi connectivity index (χ1) is 25.0. The third-order valence-electron chi connectivity index (χ3n) is 8.46. The van der Waals surface area contributed by atoms with Gasteiger partial charge in [0.25, 0.3) is 0 Å². The number of carbonyl (C=O) groups excluding carboxylic acids is 4. The minimum absolute atomic E-state index is 0.0663. The molecule has 0 saturated heterocycles. The molecule has 0 aliphatic heterocycles. The highest BCUT2D eigenvalue weighted by atomic mass is 16.6. The highest BCUT2D eigenvalue weighted by Gasteiger charge is 2.38. The summed E-state index contributed by atoms with van der Waals surface area (Å²) >= 11 is 0. The quantitative estimate of drug-likeness (QED) is 0.0962. The molecule has 0 aromatic heterocycles. The Balaban J connectivity index is 2.14. The smallest absolute Gasteiger partial charge is 0.408 e. The number of nitrogens with one attached hydrogen (secondary N) is 2. The molecule has 10 nitrogen and oxygen atoms in total. The zero-order valence-electron chi connectivity index (χ0n) is 32.7. The largest absolute Gasteiger partial charge is 0.508 e. The van der Waals surface area contributed by atoms with Crippen LogP contribution in [0.1, 0.15) is 109 Å². The summed E-state index contributed by atoms with van der Waals surface area (Å²) in [6.45, 7) is 14.9. The molecule has 3 aromatic rings. The van der Waals surface area contributed by atoms with E-state index in [9.17, 15) is 24.3 Å². The van der Waals surface area contributed by atoms with Crippen LogP contribution in [0.25, 0.3) is 0 Å². The number of alkyl carbamates (subject to hydrolysis) is 1. The first-order valence-corrected chi connectivity index (χ1v) is 18.7. The number of phenols is 1. The highest BCUT2D eigenvalue weighted by molar-refractivity contribution is 5.94. The molecule has 3 aromatic carbocycles. The van der Waals surface area contributed by atoms with E-state index in [0.717, 1.165) is 36.8 Å². The van der Waals surface area contributed by atoms with Crippen LogP contribution in [0.5, 0.6) is 5.75 Å². The lowest BCUT2D eigenvalue weighted by atomic mass is 9.97. The molecule has 0 radical (unpaired) electrons. The Morgan fingerprint density at radius 2 is 1.25 bits per heavy atom. The second-order valence-electron chi connectivity index (χ2n) is 15.4. The number of rotatable bonds is 17. The molecule has 288 valence electrons. The van der Waals surface area contributed by atoms with E-state index in [1.165, 1.54) is 17.0 Å². The summed E-state index contributed by atoms with van der Waals surface area (Å²) in [5.41, 5.74) is 1.50. The van der Waals surface area contributed by atoms with Crippen molar-refractivity contribution in [2.45, 2.75) is 130 Å². The van der Waals surface area contributed by atoms with E-state index in [-0.39, 0.29) is 25.1 Å². The molecule has 53 heavy (non-hydrogen) atoms. The molecule has 0 bridgehead atoms. The van der Waals surface area contributed by atoms with Gasteiger partial charge in [-0.3, -0.25) is 9.59 Å². The Bertz CT molecular complexity index is 1610. The second-order valence-corrected chi connectivity index (χ2v) is 15.4. The average molecular weight is 730 g/mol. The van der Waals surface area contributed by atoms with Crippen LogP contribution in [0.2, 0.25) is 0 Å². The monoisotopic (exact) mass is 729 g/mol. The van der Waals surface area contributed by atoms with Gasteiger partial charge in [0.05, 0.1) is 0 Å². The minimum atomic E-state index is -1.15. The van der Waals surface area contributed by atoms with Gasteiger partial charge in [-0.05, 0) is 88.8 Å². The van der Waals surface area contributed by atoms with Crippen LogP contribution in [0.3, 0.4) is 0 Å². The standard InChI is InChI=1S/C43H59N3O7/c1-9-11-12-16-27-46(39(49)35(45-41(51)53-43(6,7)8)28-32-21-25-34(47)26-22-32)37(33-23-19-30(10-2)20-24-33)38(48)44-36(40(50)52-42(3,4)5)29-31-17-14-13-15-18-31/h13-15,17-26,35-37,47H,9-12,16,27-29H2,1-8H3,(H,44,48)(H,45,51). The number of hydrogen-bond donors (Lipinski definition) is 3. The molecule has 0 aliphatic carbocycles. The fourth-order valence-corrected chi connectivity index (χ4v) is 5.87. The number of unbranched alkanes of at least 4 members (excludes halogenated alkanes) is 3. The molecule has 0 heterocycles. The maximum absolute atomic E-state index is 15.0. The highest BCUT2D eigenvalue weighted by Crippen LogP contribution is 2.26. The minimum Gasteiger partial charge on any atom is -0.508 e. The lowest BCUT2D eigenvalue weighted by molar-refractivity contribution is -0.159. The van der Waals surface area contributed by atoms with Gasteiger partial charge in [0.1, 0.15) is 35.1 Å². The third kappa shape index (κ3) is 14.6. The van der Waals surface area contributed by atoms with E-state index >= 15 is 0 Å². The summed E-state index contributed by atoms with van der Waals surface area (Å²) in [6.07, 6.45) is 3.59. The maximum Gasteiger partial charge on any atom is 0.408 e. The van der Waals surface area contributed by atoms with Gasteiger partial charge in [0.2, 0.25) is 11.8 Å². The summed E-state index contributed by atoms with van der Waals surface area (Å²) in [6, 6.07) is 20.0. The van der Waals surface area contributed by atoms with Crippen LogP contribution >= 0.6 is 0 Å². The predicted molar refractivity (Wildman–Crippen MR) is 207 cm³/mol. The number of aromatic hydroxyl groups is 1. The number of carbonyl (C=O) groups is 4. The topological polar surface area (TPSA) is 134 Å². The normalized spacial score (nSPS) is 13.3. The van der Waals surface area contributed by atoms with E-state index in [2.05, 4.69) is 17.6 Å². The van der Waals surface area contributed by atoms with Crippen LogP contribution in [0.15, 0.2) is 78.9 Å². The number of benzene rings is 3. The predicted octanol–water partition coefficient (Wildman–Crippen LogP) is 7.61. The Morgan fingerprint density at radius 1 is 0.679 bits per heavy atom. The van der Waals surface area contributed by atoms with Gasteiger partial charge < -0.3 is 30.1 Å². The fraction of sp³-hybridized carbons (Fsp3) is 0.488. The van der Waals surface area contributed by atoms with Crippen molar-refractivity contribution in [3.63, 3.8) is 0 Å². The number of nitrogens with zero attached hydrogens (tertiary/aromatic N) is 1. The molecule has 0 fully saturated rings. The van der Waals surface area contributed by atoms with E-state index in [0.29, 0.717) is 17.5 Å². The Hall–Kier alpha value is -4.86. The van der Waals surface area contributed by atoms with Crippen molar-refractivity contribution in [1.82, 2.24) is 15.5 Å². The van der Waals surface area contributed by atoms with Crippen LogP contribution in [-0.2, 0) is 43.1 Å². The second kappa shape index (κ2) is 19.8. The van der Waals surface area contributed by atoms with Crippen molar-refractivity contribution in [2.75, 3.05) is 6.54 Å². The Morgan fingerprint density at radius 3 is 1.81 bits per heavy atom. The maximum atomic E-state index is 15.0. The Labute approximate surface area is 315 Å². The van der Waals surface area contributed by atoms with Gasteiger partial charge >= 0.3 is 12.1 Å². The fourth-order valence-electron chi connectivity index (χ4n) is 5.87. The molecule has 3 amide bonds. The van der Waals surface area contributed by atoms with Crippen molar-refractivity contribution >= 4 is 23.9 Å². The van der Waals surface area contributed by atoms with E-state index in [4.69, 9.17) is 9.47 Å². The van der Waals surface area contributed by atoms with Crippen LogP contribution < -0.4 is 10.6 Å². The van der Waals surface area contributed by atoms with Gasteiger partial charge in [0.15, 0.2) is 0 Å². The van der Waals surface area contributed by atoms with Crippen molar-refractivity contribution < 1.29 is 33.8 Å². The third-order valence-corrected chi connectivity index (χ3v) is 8.46. The van der Waals surface area contributed by atoms with Gasteiger partial charge in [0, 0.05) is 19.4 Å². The van der Waals surface area contributed by atoms with Crippen LogP contribution in [0, 0.1) is 0 Å². The zero-order chi connectivity index (χ0) is 39.2. The van der Waals surface area contributed by atoms with Crippen molar-refractivity contribution in [3.8, 4) is 5.75 Å². The van der Waals surface area contributed by atoms with E-state index < -0.39 is 53.2 Å².